The highest BCUT2D eigenvalue weighted by molar-refractivity contribution is 5.32. The summed E-state index contributed by atoms with van der Waals surface area (Å²) in [5.74, 6) is 2.82. The number of nitrogens with zero attached hydrogens (tertiary/aromatic N) is 1. The van der Waals surface area contributed by atoms with Gasteiger partial charge >= 0.3 is 0 Å². The van der Waals surface area contributed by atoms with Crippen molar-refractivity contribution in [2.45, 2.75) is 50.9 Å². The Hall–Kier alpha value is -1.34. The average molecular weight is 313 g/mol. The van der Waals surface area contributed by atoms with Gasteiger partial charge in [-0.1, -0.05) is 30.2 Å². The number of ether oxygens (including phenoxy) is 2. The van der Waals surface area contributed by atoms with Crippen LogP contribution < -0.4 is 0 Å². The Morgan fingerprint density at radius 2 is 2.13 bits per heavy atom. The zero-order valence-electron chi connectivity index (χ0n) is 13.9. The second kappa shape index (κ2) is 8.49. The first-order valence-corrected chi connectivity index (χ1v) is 8.87. The predicted molar refractivity (Wildman–Crippen MR) is 92.1 cm³/mol. The van der Waals surface area contributed by atoms with Crippen LogP contribution in [0.3, 0.4) is 0 Å². The van der Waals surface area contributed by atoms with Gasteiger partial charge in [0.15, 0.2) is 6.29 Å². The molecule has 0 amide bonds. The fourth-order valence-electron chi connectivity index (χ4n) is 3.71. The molecule has 1 aliphatic heterocycles. The minimum absolute atomic E-state index is 0.0184. The average Bonchev–Trinajstić information content (AvgIpc) is 2.61. The van der Waals surface area contributed by atoms with Gasteiger partial charge in [0.2, 0.25) is 0 Å². The summed E-state index contributed by atoms with van der Waals surface area (Å²) in [4.78, 5) is 2.39. The molecule has 1 heterocycles. The largest absolute Gasteiger partial charge is 0.353 e. The SMILES string of the molecule is C#CCN(CCOC1CCCCO1)C1CCCc2ccccc21. The quantitative estimate of drug-likeness (QED) is 0.750. The van der Waals surface area contributed by atoms with Gasteiger partial charge in [-0.25, -0.2) is 0 Å². The first-order valence-electron chi connectivity index (χ1n) is 8.87. The van der Waals surface area contributed by atoms with E-state index in [2.05, 4.69) is 35.1 Å². The maximum atomic E-state index is 5.91. The van der Waals surface area contributed by atoms with Gasteiger partial charge in [-0.15, -0.1) is 6.42 Å². The lowest BCUT2D eigenvalue weighted by Crippen LogP contribution is -2.35. The van der Waals surface area contributed by atoms with Gasteiger partial charge in [0.25, 0.3) is 0 Å². The van der Waals surface area contributed by atoms with E-state index in [1.54, 1.807) is 0 Å². The van der Waals surface area contributed by atoms with E-state index in [1.165, 1.54) is 36.8 Å². The second-order valence-corrected chi connectivity index (χ2v) is 6.45. The van der Waals surface area contributed by atoms with Gasteiger partial charge in [0.1, 0.15) is 0 Å². The Morgan fingerprint density at radius 3 is 2.96 bits per heavy atom. The third kappa shape index (κ3) is 4.35. The maximum Gasteiger partial charge on any atom is 0.157 e. The molecular weight excluding hydrogens is 286 g/mol. The van der Waals surface area contributed by atoms with Crippen molar-refractivity contribution < 1.29 is 9.47 Å². The monoisotopic (exact) mass is 313 g/mol. The highest BCUT2D eigenvalue weighted by Crippen LogP contribution is 2.33. The molecule has 1 fully saturated rings. The molecule has 0 saturated carbocycles. The van der Waals surface area contributed by atoms with Crippen LogP contribution in [0, 0.1) is 12.3 Å². The van der Waals surface area contributed by atoms with E-state index < -0.39 is 0 Å². The van der Waals surface area contributed by atoms with Gasteiger partial charge in [-0.05, 0) is 49.7 Å². The number of terminal acetylenes is 1. The van der Waals surface area contributed by atoms with Crippen molar-refractivity contribution in [3.05, 3.63) is 35.4 Å². The molecule has 3 heteroatoms. The van der Waals surface area contributed by atoms with Gasteiger partial charge in [0.05, 0.1) is 13.2 Å². The van der Waals surface area contributed by atoms with Crippen LogP contribution in [0.5, 0.6) is 0 Å². The summed E-state index contributed by atoms with van der Waals surface area (Å²) in [6.45, 7) is 3.05. The summed E-state index contributed by atoms with van der Waals surface area (Å²) >= 11 is 0. The van der Waals surface area contributed by atoms with Gasteiger partial charge in [-0.3, -0.25) is 4.90 Å². The highest BCUT2D eigenvalue weighted by atomic mass is 16.7. The van der Waals surface area contributed by atoms with Crippen molar-refractivity contribution in [3.63, 3.8) is 0 Å². The van der Waals surface area contributed by atoms with E-state index in [0.29, 0.717) is 19.2 Å². The predicted octanol–water partition coefficient (Wildman–Crippen LogP) is 3.54. The standard InChI is InChI=1S/C20H27NO2/c1-2-13-21(14-16-23-20-12-5-6-15-22-20)19-11-7-9-17-8-3-4-10-18(17)19/h1,3-4,8,10,19-20H,5-7,9,11-16H2. The van der Waals surface area contributed by atoms with Crippen LogP contribution in [0.2, 0.25) is 0 Å². The van der Waals surface area contributed by atoms with E-state index in [1.807, 2.05) is 0 Å². The Bertz CT molecular complexity index is 531. The lowest BCUT2D eigenvalue weighted by Gasteiger charge is -2.35. The third-order valence-electron chi connectivity index (χ3n) is 4.89. The molecule has 1 aliphatic carbocycles. The summed E-state index contributed by atoms with van der Waals surface area (Å²) in [6.07, 6.45) is 12.6. The summed E-state index contributed by atoms with van der Waals surface area (Å²) in [7, 11) is 0. The van der Waals surface area contributed by atoms with Gasteiger partial charge in [-0.2, -0.15) is 0 Å². The van der Waals surface area contributed by atoms with Gasteiger partial charge < -0.3 is 9.47 Å². The maximum absolute atomic E-state index is 5.91. The number of hydrogen-bond donors (Lipinski definition) is 0. The first-order chi connectivity index (χ1) is 11.4. The lowest BCUT2D eigenvalue weighted by molar-refractivity contribution is -0.164. The van der Waals surface area contributed by atoms with E-state index in [-0.39, 0.29) is 6.29 Å². The first kappa shape index (κ1) is 16.5. The summed E-state index contributed by atoms with van der Waals surface area (Å²) in [6, 6.07) is 9.20. The molecule has 1 saturated heterocycles. The zero-order chi connectivity index (χ0) is 15.9. The highest BCUT2D eigenvalue weighted by Gasteiger charge is 2.25. The van der Waals surface area contributed by atoms with Crippen molar-refractivity contribution in [1.29, 1.82) is 0 Å². The van der Waals surface area contributed by atoms with Crippen molar-refractivity contribution in [3.8, 4) is 12.3 Å². The van der Waals surface area contributed by atoms with Crippen molar-refractivity contribution in [1.82, 2.24) is 4.90 Å². The Balaban J connectivity index is 1.59. The topological polar surface area (TPSA) is 21.7 Å². The normalized spacial score (nSPS) is 24.2. The van der Waals surface area contributed by atoms with E-state index in [9.17, 15) is 0 Å². The van der Waals surface area contributed by atoms with Crippen LogP contribution in [-0.2, 0) is 15.9 Å². The molecule has 0 spiro atoms. The number of fused-ring (bicyclic) bond motifs is 1. The molecule has 0 bridgehead atoms. The van der Waals surface area contributed by atoms with Crippen LogP contribution in [0.25, 0.3) is 0 Å². The molecule has 0 radical (unpaired) electrons. The fraction of sp³-hybridized carbons (Fsp3) is 0.600. The van der Waals surface area contributed by atoms with E-state index >= 15 is 0 Å². The van der Waals surface area contributed by atoms with E-state index in [4.69, 9.17) is 15.9 Å². The van der Waals surface area contributed by atoms with Crippen LogP contribution in [0.15, 0.2) is 24.3 Å². The molecule has 2 atom stereocenters. The van der Waals surface area contributed by atoms with Crippen molar-refractivity contribution >= 4 is 0 Å². The van der Waals surface area contributed by atoms with Crippen LogP contribution in [0.4, 0.5) is 0 Å². The molecule has 23 heavy (non-hydrogen) atoms. The molecule has 3 nitrogen and oxygen atoms in total. The number of hydrogen-bond acceptors (Lipinski definition) is 3. The Labute approximate surface area is 140 Å². The van der Waals surface area contributed by atoms with Crippen LogP contribution >= 0.6 is 0 Å². The summed E-state index contributed by atoms with van der Waals surface area (Å²) in [5, 5.41) is 0. The molecule has 1 aromatic rings. The zero-order valence-corrected chi connectivity index (χ0v) is 13.9. The minimum atomic E-state index is -0.0184. The third-order valence-corrected chi connectivity index (χ3v) is 4.89. The molecule has 2 aliphatic rings. The number of aryl methyl sites for hydroxylation is 1. The molecule has 0 aromatic heterocycles. The Morgan fingerprint density at radius 1 is 1.22 bits per heavy atom. The minimum Gasteiger partial charge on any atom is -0.353 e. The molecule has 3 rings (SSSR count). The lowest BCUT2D eigenvalue weighted by atomic mass is 9.87. The van der Waals surface area contributed by atoms with Crippen molar-refractivity contribution in [2.75, 3.05) is 26.3 Å². The van der Waals surface area contributed by atoms with Gasteiger partial charge in [0, 0.05) is 19.2 Å². The van der Waals surface area contributed by atoms with Crippen molar-refractivity contribution in [2.24, 2.45) is 0 Å². The molecule has 0 N–H and O–H groups in total. The second-order valence-electron chi connectivity index (χ2n) is 6.45. The summed E-state index contributed by atoms with van der Waals surface area (Å²) < 4.78 is 11.5. The molecule has 124 valence electrons. The number of benzene rings is 1. The molecular formula is C20H27NO2. The smallest absolute Gasteiger partial charge is 0.157 e. The molecule has 1 aromatic carbocycles. The van der Waals surface area contributed by atoms with E-state index in [0.717, 1.165) is 26.0 Å². The van der Waals surface area contributed by atoms with Crippen LogP contribution in [0.1, 0.15) is 49.3 Å². The number of rotatable bonds is 6. The fourth-order valence-corrected chi connectivity index (χ4v) is 3.71. The Kier molecular flexibility index (Phi) is 6.10. The van der Waals surface area contributed by atoms with Crippen LogP contribution in [-0.4, -0.2) is 37.5 Å². The molecule has 2 unspecified atom stereocenters. The summed E-state index contributed by atoms with van der Waals surface area (Å²) in [5.41, 5.74) is 2.92.